The van der Waals surface area contributed by atoms with Gasteiger partial charge in [-0.3, -0.25) is 9.59 Å². The number of rotatable bonds is 4. The summed E-state index contributed by atoms with van der Waals surface area (Å²) in [7, 11) is -2.01. The summed E-state index contributed by atoms with van der Waals surface area (Å²) in [6.45, 7) is 1.32. The first kappa shape index (κ1) is 20.4. The second-order valence-electron chi connectivity index (χ2n) is 5.81. The smallest absolute Gasteiger partial charge is 0.262 e. The van der Waals surface area contributed by atoms with Crippen molar-refractivity contribution in [2.45, 2.75) is 4.90 Å². The summed E-state index contributed by atoms with van der Waals surface area (Å²) in [5, 5.41) is 5.40. The van der Waals surface area contributed by atoms with Gasteiger partial charge in [0.05, 0.1) is 17.1 Å². The van der Waals surface area contributed by atoms with Crippen LogP contribution in [-0.2, 0) is 19.6 Å². The van der Waals surface area contributed by atoms with Gasteiger partial charge >= 0.3 is 0 Å². The number of likely N-dealkylation sites (N-methyl/N-ethyl adjacent to an activating group) is 1. The van der Waals surface area contributed by atoms with Gasteiger partial charge in [-0.1, -0.05) is 0 Å². The van der Waals surface area contributed by atoms with Crippen molar-refractivity contribution in [3.63, 3.8) is 0 Å². The van der Waals surface area contributed by atoms with Crippen molar-refractivity contribution < 1.29 is 22.7 Å². The summed E-state index contributed by atoms with van der Waals surface area (Å²) in [4.78, 5) is 25.0. The summed E-state index contributed by atoms with van der Waals surface area (Å²) in [6.07, 6.45) is 0. The van der Waals surface area contributed by atoms with Gasteiger partial charge in [0.2, 0.25) is 15.9 Å². The molecule has 0 unspecified atom stereocenters. The summed E-state index contributed by atoms with van der Waals surface area (Å²) in [6, 6.07) is 4.40. The molecule has 0 radical (unpaired) electrons. The number of nitrogens with zero attached hydrogens (tertiary/aromatic N) is 2. The maximum absolute atomic E-state index is 12.8. The van der Waals surface area contributed by atoms with Gasteiger partial charge in [0, 0.05) is 26.2 Å². The molecule has 1 fully saturated rings. The predicted octanol–water partition coefficient (Wildman–Crippen LogP) is -0.508. The number of amides is 2. The number of nitrogens with one attached hydrogen (secondary N) is 2. The highest BCUT2D eigenvalue weighted by Gasteiger charge is 2.31. The van der Waals surface area contributed by atoms with Crippen LogP contribution in [0.1, 0.15) is 0 Å². The number of hydrogen-bond acceptors (Lipinski definition) is 6. The highest BCUT2D eigenvalue weighted by atomic mass is 35.5. The topological polar surface area (TPSA) is 108 Å². The molecular weight excluding hydrogens is 384 g/mol. The molecule has 11 heteroatoms. The quantitative estimate of drug-likeness (QED) is 0.700. The van der Waals surface area contributed by atoms with Crippen molar-refractivity contribution in [2.24, 2.45) is 0 Å². The lowest BCUT2D eigenvalue weighted by Gasteiger charge is -2.34. The summed E-state index contributed by atoms with van der Waals surface area (Å²) < 4.78 is 32.2. The van der Waals surface area contributed by atoms with Crippen molar-refractivity contribution in [1.82, 2.24) is 14.5 Å². The summed E-state index contributed by atoms with van der Waals surface area (Å²) in [5.41, 5.74) is 0.347. The van der Waals surface area contributed by atoms with Gasteiger partial charge in [-0.25, -0.2) is 8.42 Å². The molecule has 26 heavy (non-hydrogen) atoms. The van der Waals surface area contributed by atoms with E-state index in [-0.39, 0.29) is 55.4 Å². The number of piperazine rings is 1. The van der Waals surface area contributed by atoms with Crippen LogP contribution >= 0.6 is 12.4 Å². The minimum atomic E-state index is -3.70. The maximum Gasteiger partial charge on any atom is 0.262 e. The Kier molecular flexibility index (Phi) is 6.45. The molecule has 1 aromatic carbocycles. The molecule has 0 bridgehead atoms. The van der Waals surface area contributed by atoms with Crippen LogP contribution in [0.5, 0.6) is 5.75 Å². The molecule has 1 aromatic rings. The Morgan fingerprint density at radius 3 is 2.62 bits per heavy atom. The van der Waals surface area contributed by atoms with Gasteiger partial charge in [-0.2, -0.15) is 4.31 Å². The monoisotopic (exact) mass is 404 g/mol. The van der Waals surface area contributed by atoms with Gasteiger partial charge < -0.3 is 20.3 Å². The third-order valence-electron chi connectivity index (χ3n) is 4.14. The Morgan fingerprint density at radius 2 is 1.96 bits per heavy atom. The summed E-state index contributed by atoms with van der Waals surface area (Å²) in [5.74, 6) is 0.0768. The number of halogens is 1. The highest BCUT2D eigenvalue weighted by molar-refractivity contribution is 7.89. The third-order valence-corrected chi connectivity index (χ3v) is 6.04. The molecule has 2 amide bonds. The van der Waals surface area contributed by atoms with Gasteiger partial charge in [0.25, 0.3) is 5.91 Å². The molecule has 0 saturated carbocycles. The predicted molar refractivity (Wildman–Crippen MR) is 97.1 cm³/mol. The van der Waals surface area contributed by atoms with Crippen molar-refractivity contribution in [1.29, 1.82) is 0 Å². The first-order chi connectivity index (χ1) is 11.9. The van der Waals surface area contributed by atoms with Crippen molar-refractivity contribution in [3.8, 4) is 5.75 Å². The SMILES string of the molecule is CNCC(=O)N1CCN(S(=O)(=O)c2ccc3c(c2)NC(=O)CO3)CC1.Cl. The molecule has 2 N–H and O–H groups in total. The van der Waals surface area contributed by atoms with Crippen LogP contribution in [0.25, 0.3) is 0 Å². The molecule has 0 aliphatic carbocycles. The Labute approximate surface area is 158 Å². The van der Waals surface area contributed by atoms with Gasteiger partial charge in [-0.05, 0) is 25.2 Å². The molecular formula is C15H21ClN4O5S. The third kappa shape index (κ3) is 4.09. The normalized spacial score (nSPS) is 17.6. The molecule has 2 heterocycles. The van der Waals surface area contributed by atoms with Crippen LogP contribution in [0.15, 0.2) is 23.1 Å². The van der Waals surface area contributed by atoms with Crippen LogP contribution in [0.4, 0.5) is 5.69 Å². The van der Waals surface area contributed by atoms with E-state index in [0.29, 0.717) is 24.5 Å². The summed E-state index contributed by atoms with van der Waals surface area (Å²) >= 11 is 0. The van der Waals surface area contributed by atoms with E-state index in [1.165, 1.54) is 22.5 Å². The fraction of sp³-hybridized carbons (Fsp3) is 0.467. The number of carbonyl (C=O) groups is 2. The van der Waals surface area contributed by atoms with E-state index in [4.69, 9.17) is 4.74 Å². The number of hydrogen-bond donors (Lipinski definition) is 2. The van der Waals surface area contributed by atoms with E-state index in [0.717, 1.165) is 0 Å². The fourth-order valence-electron chi connectivity index (χ4n) is 2.81. The minimum absolute atomic E-state index is 0. The minimum Gasteiger partial charge on any atom is -0.482 e. The van der Waals surface area contributed by atoms with E-state index in [9.17, 15) is 18.0 Å². The lowest BCUT2D eigenvalue weighted by Crippen LogP contribution is -2.52. The Morgan fingerprint density at radius 1 is 1.27 bits per heavy atom. The van der Waals surface area contributed by atoms with Crippen molar-refractivity contribution in [2.75, 3.05) is 51.7 Å². The number of sulfonamides is 1. The molecule has 2 aliphatic rings. The first-order valence-corrected chi connectivity index (χ1v) is 9.35. The van der Waals surface area contributed by atoms with E-state index in [2.05, 4.69) is 10.6 Å². The van der Waals surface area contributed by atoms with Crippen LogP contribution in [-0.4, -0.2) is 75.8 Å². The maximum atomic E-state index is 12.8. The zero-order valence-electron chi connectivity index (χ0n) is 14.2. The van der Waals surface area contributed by atoms with Crippen LogP contribution in [0.2, 0.25) is 0 Å². The Balaban J connectivity index is 0.00000243. The molecule has 0 aromatic heterocycles. The lowest BCUT2D eigenvalue weighted by atomic mass is 10.2. The number of ether oxygens (including phenoxy) is 1. The van der Waals surface area contributed by atoms with E-state index in [1.54, 1.807) is 11.9 Å². The Bertz CT molecular complexity index is 793. The second kappa shape index (κ2) is 8.21. The second-order valence-corrected chi connectivity index (χ2v) is 7.75. The molecule has 9 nitrogen and oxygen atoms in total. The van der Waals surface area contributed by atoms with Crippen LogP contribution in [0, 0.1) is 0 Å². The van der Waals surface area contributed by atoms with E-state index >= 15 is 0 Å². The first-order valence-electron chi connectivity index (χ1n) is 7.91. The van der Waals surface area contributed by atoms with Crippen LogP contribution < -0.4 is 15.4 Å². The van der Waals surface area contributed by atoms with Crippen LogP contribution in [0.3, 0.4) is 0 Å². The number of anilines is 1. The largest absolute Gasteiger partial charge is 0.482 e. The highest BCUT2D eigenvalue weighted by Crippen LogP contribution is 2.31. The average Bonchev–Trinajstić information content (AvgIpc) is 2.61. The lowest BCUT2D eigenvalue weighted by molar-refractivity contribution is -0.131. The molecule has 144 valence electrons. The molecule has 1 saturated heterocycles. The molecule has 3 rings (SSSR count). The van der Waals surface area contributed by atoms with E-state index < -0.39 is 10.0 Å². The van der Waals surface area contributed by atoms with Crippen molar-refractivity contribution >= 4 is 39.9 Å². The zero-order valence-corrected chi connectivity index (χ0v) is 15.9. The Hall–Kier alpha value is -1.88. The molecule has 0 spiro atoms. The zero-order chi connectivity index (χ0) is 18.0. The van der Waals surface area contributed by atoms with Gasteiger partial charge in [-0.15, -0.1) is 12.4 Å². The van der Waals surface area contributed by atoms with Crippen molar-refractivity contribution in [3.05, 3.63) is 18.2 Å². The molecule has 0 atom stereocenters. The van der Waals surface area contributed by atoms with E-state index in [1.807, 2.05) is 0 Å². The standard InChI is InChI=1S/C15H20N4O5S.ClH/c1-16-9-15(21)18-4-6-19(7-5-18)25(22,23)11-2-3-13-12(8-11)17-14(20)10-24-13;/h2-3,8,16H,4-7,9-10H2,1H3,(H,17,20);1H. The van der Waals surface area contributed by atoms with Gasteiger partial charge in [0.1, 0.15) is 5.75 Å². The van der Waals surface area contributed by atoms with Gasteiger partial charge in [0.15, 0.2) is 6.61 Å². The number of carbonyl (C=O) groups excluding carboxylic acids is 2. The number of benzene rings is 1. The average molecular weight is 405 g/mol. The molecule has 2 aliphatic heterocycles. The fourth-order valence-corrected chi connectivity index (χ4v) is 4.26. The number of fused-ring (bicyclic) bond motifs is 1.